The summed E-state index contributed by atoms with van der Waals surface area (Å²) in [6, 6.07) is 5.00. The fraction of sp³-hybridized carbons (Fsp3) is 0.308. The summed E-state index contributed by atoms with van der Waals surface area (Å²) in [6.07, 6.45) is 0.0215. The van der Waals surface area contributed by atoms with Crippen LogP contribution >= 0.6 is 0 Å². The molecular weight excluding hydrogens is 236 g/mol. The molecule has 1 aromatic heterocycles. The molecule has 96 valence electrons. The van der Waals surface area contributed by atoms with Gasteiger partial charge in [0.2, 0.25) is 5.75 Å². The van der Waals surface area contributed by atoms with Crippen LogP contribution in [0.15, 0.2) is 27.4 Å². The molecule has 0 amide bonds. The van der Waals surface area contributed by atoms with Gasteiger partial charge in [-0.2, -0.15) is 0 Å². The van der Waals surface area contributed by atoms with Crippen LogP contribution in [0, 0.1) is 0 Å². The largest absolute Gasteiger partial charge is 0.499 e. The van der Waals surface area contributed by atoms with Gasteiger partial charge in [-0.1, -0.05) is 0 Å². The van der Waals surface area contributed by atoms with Crippen LogP contribution in [0.3, 0.4) is 0 Å². The number of hydrogen-bond acceptors (Lipinski definition) is 5. The minimum absolute atomic E-state index is 0.0215. The molecule has 0 aliphatic carbocycles. The first-order chi connectivity index (χ1) is 8.52. The van der Waals surface area contributed by atoms with Crippen molar-refractivity contribution in [2.75, 3.05) is 7.11 Å². The van der Waals surface area contributed by atoms with Gasteiger partial charge in [-0.3, -0.25) is 0 Å². The van der Waals surface area contributed by atoms with E-state index in [-0.39, 0.29) is 11.9 Å². The van der Waals surface area contributed by atoms with Crippen molar-refractivity contribution in [2.24, 2.45) is 0 Å². The SMILES string of the molecule is COc1c(O)c(=O)oc2cc(OC(C)C)ccc12. The summed E-state index contributed by atoms with van der Waals surface area (Å²) in [6.45, 7) is 3.80. The summed E-state index contributed by atoms with van der Waals surface area (Å²) >= 11 is 0. The minimum atomic E-state index is -0.832. The first kappa shape index (κ1) is 12.3. The van der Waals surface area contributed by atoms with Crippen molar-refractivity contribution in [1.29, 1.82) is 0 Å². The van der Waals surface area contributed by atoms with E-state index in [0.717, 1.165) is 0 Å². The molecule has 0 unspecified atom stereocenters. The third-order valence-corrected chi connectivity index (χ3v) is 2.38. The fourth-order valence-electron chi connectivity index (χ4n) is 1.70. The quantitative estimate of drug-likeness (QED) is 0.846. The Kier molecular flexibility index (Phi) is 3.14. The van der Waals surface area contributed by atoms with Crippen molar-refractivity contribution in [2.45, 2.75) is 20.0 Å². The standard InChI is InChI=1S/C13H14O5/c1-7(2)17-8-4-5-9-10(6-8)18-13(15)11(14)12(9)16-3/h4-7,14H,1-3H3. The Balaban J connectivity index is 2.65. The third kappa shape index (κ3) is 2.11. The van der Waals surface area contributed by atoms with Gasteiger partial charge >= 0.3 is 5.63 Å². The van der Waals surface area contributed by atoms with Gasteiger partial charge in [0.15, 0.2) is 5.75 Å². The second kappa shape index (κ2) is 4.60. The van der Waals surface area contributed by atoms with Gasteiger partial charge in [0.1, 0.15) is 11.3 Å². The molecule has 0 saturated carbocycles. The van der Waals surface area contributed by atoms with Gasteiger partial charge in [-0.25, -0.2) is 4.79 Å². The van der Waals surface area contributed by atoms with E-state index < -0.39 is 11.4 Å². The Morgan fingerprint density at radius 2 is 2.06 bits per heavy atom. The first-order valence-electron chi connectivity index (χ1n) is 5.53. The molecule has 0 aliphatic heterocycles. The van der Waals surface area contributed by atoms with E-state index in [1.807, 2.05) is 13.8 Å². The number of aromatic hydroxyl groups is 1. The highest BCUT2D eigenvalue weighted by molar-refractivity contribution is 5.86. The molecule has 2 rings (SSSR count). The molecule has 2 aromatic rings. The second-order valence-electron chi connectivity index (χ2n) is 4.10. The van der Waals surface area contributed by atoms with Gasteiger partial charge in [-0.05, 0) is 26.0 Å². The predicted molar refractivity (Wildman–Crippen MR) is 66.5 cm³/mol. The number of hydrogen-bond donors (Lipinski definition) is 1. The van der Waals surface area contributed by atoms with E-state index in [9.17, 15) is 9.90 Å². The molecule has 1 aromatic carbocycles. The molecule has 0 radical (unpaired) electrons. The maximum atomic E-state index is 11.4. The highest BCUT2D eigenvalue weighted by atomic mass is 16.5. The van der Waals surface area contributed by atoms with Crippen molar-refractivity contribution >= 4 is 11.0 Å². The highest BCUT2D eigenvalue weighted by Crippen LogP contribution is 2.33. The molecule has 1 N–H and O–H groups in total. The first-order valence-corrected chi connectivity index (χ1v) is 5.53. The van der Waals surface area contributed by atoms with Crippen LogP contribution in [0.25, 0.3) is 11.0 Å². The monoisotopic (exact) mass is 250 g/mol. The fourth-order valence-corrected chi connectivity index (χ4v) is 1.70. The maximum absolute atomic E-state index is 11.4. The Hall–Kier alpha value is -2.17. The molecule has 0 saturated heterocycles. The Labute approximate surface area is 104 Å². The van der Waals surface area contributed by atoms with Crippen LogP contribution in [-0.2, 0) is 0 Å². The normalized spacial score (nSPS) is 10.9. The van der Waals surface area contributed by atoms with Crippen LogP contribution in [0.5, 0.6) is 17.2 Å². The van der Waals surface area contributed by atoms with Crippen molar-refractivity contribution in [3.05, 3.63) is 28.6 Å². The zero-order valence-electron chi connectivity index (χ0n) is 10.4. The summed E-state index contributed by atoms with van der Waals surface area (Å²) < 4.78 is 15.5. The van der Waals surface area contributed by atoms with Gasteiger partial charge in [-0.15, -0.1) is 0 Å². The van der Waals surface area contributed by atoms with Crippen LogP contribution in [0.1, 0.15) is 13.8 Å². The third-order valence-electron chi connectivity index (χ3n) is 2.38. The summed E-state index contributed by atoms with van der Waals surface area (Å²) in [5, 5.41) is 10.1. The lowest BCUT2D eigenvalue weighted by atomic mass is 10.2. The topological polar surface area (TPSA) is 68.9 Å². The average molecular weight is 250 g/mol. The van der Waals surface area contributed by atoms with E-state index in [2.05, 4.69) is 0 Å². The molecule has 5 heteroatoms. The zero-order chi connectivity index (χ0) is 13.3. The van der Waals surface area contributed by atoms with Gasteiger partial charge in [0, 0.05) is 6.07 Å². The van der Waals surface area contributed by atoms with Crippen LogP contribution in [-0.4, -0.2) is 18.3 Å². The summed E-state index contributed by atoms with van der Waals surface area (Å²) in [5.41, 5.74) is -0.520. The number of ether oxygens (including phenoxy) is 2. The van der Waals surface area contributed by atoms with Gasteiger partial charge < -0.3 is 19.0 Å². The second-order valence-corrected chi connectivity index (χ2v) is 4.10. The zero-order valence-corrected chi connectivity index (χ0v) is 10.4. The lowest BCUT2D eigenvalue weighted by Crippen LogP contribution is -2.06. The smallest absolute Gasteiger partial charge is 0.382 e. The predicted octanol–water partition coefficient (Wildman–Crippen LogP) is 2.29. The number of methoxy groups -OCH3 is 1. The molecule has 18 heavy (non-hydrogen) atoms. The van der Waals surface area contributed by atoms with Crippen molar-refractivity contribution < 1.29 is 19.0 Å². The van der Waals surface area contributed by atoms with Crippen molar-refractivity contribution in [3.63, 3.8) is 0 Å². The summed E-state index contributed by atoms with van der Waals surface area (Å²) in [4.78, 5) is 11.4. The molecule has 0 aliphatic rings. The van der Waals surface area contributed by atoms with E-state index in [0.29, 0.717) is 16.7 Å². The Morgan fingerprint density at radius 3 is 2.67 bits per heavy atom. The van der Waals surface area contributed by atoms with Crippen LogP contribution < -0.4 is 15.1 Å². The lowest BCUT2D eigenvalue weighted by Gasteiger charge is -2.11. The summed E-state index contributed by atoms with van der Waals surface area (Å²) in [7, 11) is 1.38. The molecular formula is C13H14O5. The van der Waals surface area contributed by atoms with E-state index in [4.69, 9.17) is 13.9 Å². The molecule has 0 spiro atoms. The van der Waals surface area contributed by atoms with E-state index >= 15 is 0 Å². The minimum Gasteiger partial charge on any atom is -0.499 e. The maximum Gasteiger partial charge on any atom is 0.382 e. The molecule has 0 fully saturated rings. The molecule has 1 heterocycles. The van der Waals surface area contributed by atoms with Crippen molar-refractivity contribution in [3.8, 4) is 17.2 Å². The molecule has 0 atom stereocenters. The molecule has 0 bridgehead atoms. The van der Waals surface area contributed by atoms with Crippen molar-refractivity contribution in [1.82, 2.24) is 0 Å². The van der Waals surface area contributed by atoms with Crippen LogP contribution in [0.4, 0.5) is 0 Å². The van der Waals surface area contributed by atoms with E-state index in [1.54, 1.807) is 18.2 Å². The number of rotatable bonds is 3. The lowest BCUT2D eigenvalue weighted by molar-refractivity contribution is 0.242. The summed E-state index contributed by atoms with van der Waals surface area (Å²) in [5.74, 6) is 0.174. The Morgan fingerprint density at radius 1 is 1.33 bits per heavy atom. The van der Waals surface area contributed by atoms with Gasteiger partial charge in [0.25, 0.3) is 0 Å². The van der Waals surface area contributed by atoms with E-state index in [1.165, 1.54) is 7.11 Å². The number of benzene rings is 1. The van der Waals surface area contributed by atoms with Crippen LogP contribution in [0.2, 0.25) is 0 Å². The number of fused-ring (bicyclic) bond motifs is 1. The van der Waals surface area contributed by atoms with Gasteiger partial charge in [0.05, 0.1) is 18.6 Å². The highest BCUT2D eigenvalue weighted by Gasteiger charge is 2.14. The molecule has 5 nitrogen and oxygen atoms in total. The average Bonchev–Trinajstić information content (AvgIpc) is 2.30. The Bertz CT molecular complexity index is 627.